The third-order valence-corrected chi connectivity index (χ3v) is 8.90. The van der Waals surface area contributed by atoms with Crippen LogP contribution in [-0.2, 0) is 26.2 Å². The van der Waals surface area contributed by atoms with Crippen molar-refractivity contribution in [2.75, 3.05) is 38.7 Å². The normalized spacial score (nSPS) is 11.9. The molecule has 0 heterocycles. The summed E-state index contributed by atoms with van der Waals surface area (Å²) in [6, 6.07) is 17.5. The van der Waals surface area contributed by atoms with Gasteiger partial charge in [0, 0.05) is 19.2 Å². The highest BCUT2D eigenvalue weighted by Gasteiger charge is 2.34. The Morgan fingerprint density at radius 1 is 0.864 bits per heavy atom. The molecule has 44 heavy (non-hydrogen) atoms. The first-order chi connectivity index (χ1) is 20.9. The van der Waals surface area contributed by atoms with Crippen molar-refractivity contribution >= 4 is 27.5 Å². The molecule has 0 bridgehead atoms. The van der Waals surface area contributed by atoms with Gasteiger partial charge in [-0.3, -0.25) is 13.9 Å². The highest BCUT2D eigenvalue weighted by atomic mass is 32.2. The number of hydrogen-bond acceptors (Lipinski definition) is 7. The van der Waals surface area contributed by atoms with Crippen LogP contribution in [0.1, 0.15) is 38.3 Å². The average Bonchev–Trinajstić information content (AvgIpc) is 3.02. The molecule has 0 aliphatic heterocycles. The predicted molar refractivity (Wildman–Crippen MR) is 171 cm³/mol. The number of carbonyl (C=O) groups is 2. The fourth-order valence-corrected chi connectivity index (χ4v) is 6.04. The summed E-state index contributed by atoms with van der Waals surface area (Å²) < 4.78 is 45.3. The number of amides is 2. The molecule has 0 fully saturated rings. The molecule has 0 unspecified atom stereocenters. The van der Waals surface area contributed by atoms with Crippen LogP contribution in [0, 0.1) is 12.8 Å². The van der Waals surface area contributed by atoms with Crippen molar-refractivity contribution in [1.82, 2.24) is 10.2 Å². The molecule has 2 amide bonds. The van der Waals surface area contributed by atoms with Crippen LogP contribution >= 0.6 is 0 Å². The van der Waals surface area contributed by atoms with E-state index in [-0.39, 0.29) is 29.0 Å². The molecule has 0 aliphatic carbocycles. The second-order valence-electron chi connectivity index (χ2n) is 10.8. The molecule has 0 saturated heterocycles. The minimum atomic E-state index is -4.28. The zero-order valence-electron chi connectivity index (χ0n) is 26.5. The van der Waals surface area contributed by atoms with E-state index in [1.165, 1.54) is 37.3 Å². The number of benzene rings is 3. The number of nitrogens with one attached hydrogen (secondary N) is 1. The molecule has 1 atom stereocenters. The number of rotatable bonds is 15. The highest BCUT2D eigenvalue weighted by molar-refractivity contribution is 7.92. The molecule has 1 N–H and O–H groups in total. The topological polar surface area (TPSA) is 114 Å². The van der Waals surface area contributed by atoms with E-state index in [9.17, 15) is 18.0 Å². The molecule has 0 aliphatic rings. The van der Waals surface area contributed by atoms with Crippen molar-refractivity contribution in [3.8, 4) is 17.2 Å². The minimum Gasteiger partial charge on any atom is -0.497 e. The maximum atomic E-state index is 14.2. The fourth-order valence-electron chi connectivity index (χ4n) is 4.61. The second-order valence-corrected chi connectivity index (χ2v) is 12.7. The van der Waals surface area contributed by atoms with E-state index in [1.54, 1.807) is 43.5 Å². The van der Waals surface area contributed by atoms with Crippen LogP contribution < -0.4 is 23.8 Å². The third kappa shape index (κ3) is 8.43. The molecule has 3 aromatic carbocycles. The van der Waals surface area contributed by atoms with Gasteiger partial charge in [-0.25, -0.2) is 8.42 Å². The molecule has 11 heteroatoms. The van der Waals surface area contributed by atoms with Gasteiger partial charge in [0.05, 0.1) is 31.9 Å². The van der Waals surface area contributed by atoms with Gasteiger partial charge in [0.15, 0.2) is 11.5 Å². The molecule has 0 saturated carbocycles. The van der Waals surface area contributed by atoms with Crippen molar-refractivity contribution in [3.05, 3.63) is 77.9 Å². The van der Waals surface area contributed by atoms with Gasteiger partial charge in [-0.05, 0) is 61.2 Å². The summed E-state index contributed by atoms with van der Waals surface area (Å²) in [6.45, 7) is 7.69. The van der Waals surface area contributed by atoms with E-state index in [4.69, 9.17) is 14.2 Å². The summed E-state index contributed by atoms with van der Waals surface area (Å²) in [5.41, 5.74) is 2.00. The Balaban J connectivity index is 2.08. The highest BCUT2D eigenvalue weighted by Crippen LogP contribution is 2.32. The monoisotopic (exact) mass is 625 g/mol. The zero-order valence-corrected chi connectivity index (χ0v) is 27.3. The molecular weight excluding hydrogens is 582 g/mol. The molecule has 0 aromatic heterocycles. The maximum absolute atomic E-state index is 14.2. The number of hydrogen-bond donors (Lipinski definition) is 1. The van der Waals surface area contributed by atoms with Crippen LogP contribution in [0.4, 0.5) is 5.69 Å². The van der Waals surface area contributed by atoms with E-state index in [0.717, 1.165) is 15.4 Å². The number of anilines is 1. The first-order valence-electron chi connectivity index (χ1n) is 14.5. The Hall–Kier alpha value is -4.25. The van der Waals surface area contributed by atoms with Gasteiger partial charge in [0.2, 0.25) is 11.8 Å². The lowest BCUT2D eigenvalue weighted by molar-refractivity contribution is -0.140. The van der Waals surface area contributed by atoms with E-state index in [2.05, 4.69) is 5.32 Å². The van der Waals surface area contributed by atoms with Crippen LogP contribution in [0.5, 0.6) is 17.2 Å². The smallest absolute Gasteiger partial charge is 0.264 e. The Kier molecular flexibility index (Phi) is 12.0. The Morgan fingerprint density at radius 2 is 1.50 bits per heavy atom. The molecule has 3 rings (SSSR count). The standard InChI is InChI=1S/C33H43N3O7S/c1-8-29(33(38)34-20-23(2)3)35(21-25-11-15-27(41-5)16-12-25)32(37)22-36(26-13-9-24(4)10-14-26)44(39,40)28-17-18-30(42-6)31(19-28)43-7/h9-19,23,29H,8,20-22H2,1-7H3,(H,34,38)/t29-/m1/s1. The number of nitrogens with zero attached hydrogens (tertiary/aromatic N) is 2. The number of sulfonamides is 1. The maximum Gasteiger partial charge on any atom is 0.264 e. The number of methoxy groups -OCH3 is 3. The van der Waals surface area contributed by atoms with Crippen molar-refractivity contribution in [3.63, 3.8) is 0 Å². The largest absolute Gasteiger partial charge is 0.497 e. The lowest BCUT2D eigenvalue weighted by atomic mass is 10.1. The van der Waals surface area contributed by atoms with E-state index < -0.39 is 28.5 Å². The molecule has 0 radical (unpaired) electrons. The van der Waals surface area contributed by atoms with Crippen LogP contribution in [-0.4, -0.2) is 65.6 Å². The fraction of sp³-hybridized carbons (Fsp3) is 0.394. The third-order valence-electron chi connectivity index (χ3n) is 7.13. The molecule has 10 nitrogen and oxygen atoms in total. The lowest BCUT2D eigenvalue weighted by Crippen LogP contribution is -2.52. The van der Waals surface area contributed by atoms with Gasteiger partial charge in [0.1, 0.15) is 18.3 Å². The summed E-state index contributed by atoms with van der Waals surface area (Å²) in [4.78, 5) is 29.0. The lowest BCUT2D eigenvalue weighted by Gasteiger charge is -2.33. The van der Waals surface area contributed by atoms with Gasteiger partial charge in [-0.15, -0.1) is 0 Å². The van der Waals surface area contributed by atoms with Gasteiger partial charge in [-0.1, -0.05) is 50.6 Å². The van der Waals surface area contributed by atoms with Crippen molar-refractivity contribution < 1.29 is 32.2 Å². The van der Waals surface area contributed by atoms with E-state index in [0.29, 0.717) is 30.2 Å². The van der Waals surface area contributed by atoms with Gasteiger partial charge < -0.3 is 24.4 Å². The van der Waals surface area contributed by atoms with E-state index >= 15 is 0 Å². The van der Waals surface area contributed by atoms with E-state index in [1.807, 2.05) is 39.8 Å². The van der Waals surface area contributed by atoms with Crippen molar-refractivity contribution in [1.29, 1.82) is 0 Å². The van der Waals surface area contributed by atoms with Crippen molar-refractivity contribution in [2.45, 2.75) is 51.6 Å². The number of carbonyl (C=O) groups excluding carboxylic acids is 2. The summed E-state index contributed by atoms with van der Waals surface area (Å²) >= 11 is 0. The number of ether oxygens (including phenoxy) is 3. The average molecular weight is 626 g/mol. The van der Waals surface area contributed by atoms with Gasteiger partial charge in [-0.2, -0.15) is 0 Å². The van der Waals surface area contributed by atoms with Crippen LogP contribution in [0.2, 0.25) is 0 Å². The van der Waals surface area contributed by atoms with Gasteiger partial charge >= 0.3 is 0 Å². The SMILES string of the molecule is CC[C@H](C(=O)NCC(C)C)N(Cc1ccc(OC)cc1)C(=O)CN(c1ccc(C)cc1)S(=O)(=O)c1ccc(OC)c(OC)c1. The predicted octanol–water partition coefficient (Wildman–Crippen LogP) is 4.80. The molecule has 0 spiro atoms. The minimum absolute atomic E-state index is 0.0769. The Labute approximate surface area is 261 Å². The summed E-state index contributed by atoms with van der Waals surface area (Å²) in [7, 11) is 0.168. The summed E-state index contributed by atoms with van der Waals surface area (Å²) in [5.74, 6) is 0.640. The first kappa shape index (κ1) is 34.2. The summed E-state index contributed by atoms with van der Waals surface area (Å²) in [6.07, 6.45) is 0.332. The second kappa shape index (κ2) is 15.5. The zero-order chi connectivity index (χ0) is 32.4. The summed E-state index contributed by atoms with van der Waals surface area (Å²) in [5, 5.41) is 2.93. The van der Waals surface area contributed by atoms with Crippen LogP contribution in [0.25, 0.3) is 0 Å². The van der Waals surface area contributed by atoms with Crippen LogP contribution in [0.15, 0.2) is 71.6 Å². The van der Waals surface area contributed by atoms with Crippen LogP contribution in [0.3, 0.4) is 0 Å². The molecular formula is C33H43N3O7S. The van der Waals surface area contributed by atoms with Crippen molar-refractivity contribution in [2.24, 2.45) is 5.92 Å². The van der Waals surface area contributed by atoms with Gasteiger partial charge in [0.25, 0.3) is 10.0 Å². The quantitative estimate of drug-likeness (QED) is 0.258. The molecule has 238 valence electrons. The first-order valence-corrected chi connectivity index (χ1v) is 15.9. The number of aryl methyl sites for hydroxylation is 1. The molecule has 3 aromatic rings. The Bertz CT molecular complexity index is 1510. The Morgan fingerprint density at radius 3 is 2.05 bits per heavy atom.